The van der Waals surface area contributed by atoms with Crippen molar-refractivity contribution in [2.75, 3.05) is 0 Å². The first-order chi connectivity index (χ1) is 9.81. The van der Waals surface area contributed by atoms with Crippen molar-refractivity contribution in [2.45, 2.75) is 72.1 Å². The first-order valence-corrected chi connectivity index (χ1v) is 9.05. The fraction of sp³-hybridized carbons (Fsp3) is 0.850. The van der Waals surface area contributed by atoms with Gasteiger partial charge >= 0.3 is 0 Å². The summed E-state index contributed by atoms with van der Waals surface area (Å²) in [6, 6.07) is 0. The number of carbonyl (C=O) groups excluding carboxylic acids is 1. The third-order valence-corrected chi connectivity index (χ3v) is 8.27. The number of Topliss-reactive ketones (excluding diaryl/α,β-unsaturated/α-hetero) is 1. The van der Waals surface area contributed by atoms with E-state index in [1.807, 2.05) is 0 Å². The van der Waals surface area contributed by atoms with E-state index in [0.29, 0.717) is 28.4 Å². The summed E-state index contributed by atoms with van der Waals surface area (Å²) in [6.07, 6.45) is 10.1. The molecular weight excluding hydrogens is 256 g/mol. The van der Waals surface area contributed by atoms with Crippen LogP contribution in [0.2, 0.25) is 0 Å². The van der Waals surface area contributed by atoms with E-state index < -0.39 is 0 Å². The van der Waals surface area contributed by atoms with E-state index in [0.717, 1.165) is 24.3 Å². The summed E-state index contributed by atoms with van der Waals surface area (Å²) in [6.45, 7) is 11.7. The van der Waals surface area contributed by atoms with Gasteiger partial charge in [0.1, 0.15) is 0 Å². The number of carbonyl (C=O) groups is 1. The second-order valence-electron chi connectivity index (χ2n) is 9.48. The molecule has 1 spiro atoms. The molecule has 1 nitrogen and oxygen atoms in total. The average molecular weight is 286 g/mol. The highest BCUT2D eigenvalue weighted by atomic mass is 16.1. The van der Waals surface area contributed by atoms with Gasteiger partial charge in [-0.15, -0.1) is 0 Å². The molecule has 4 aliphatic rings. The molecule has 0 aromatic rings. The van der Waals surface area contributed by atoms with Crippen LogP contribution in [0.15, 0.2) is 12.2 Å². The van der Waals surface area contributed by atoms with E-state index >= 15 is 0 Å². The molecule has 0 aliphatic heterocycles. The molecule has 0 heterocycles. The molecule has 4 rings (SSSR count). The van der Waals surface area contributed by atoms with Gasteiger partial charge in [0.15, 0.2) is 5.78 Å². The zero-order valence-corrected chi connectivity index (χ0v) is 14.0. The molecule has 5 atom stereocenters. The second kappa shape index (κ2) is 4.03. The van der Waals surface area contributed by atoms with E-state index in [4.69, 9.17) is 0 Å². The molecule has 4 aliphatic carbocycles. The summed E-state index contributed by atoms with van der Waals surface area (Å²) in [5, 5.41) is 0. The molecule has 4 saturated carbocycles. The Morgan fingerprint density at radius 2 is 1.76 bits per heavy atom. The molecule has 5 unspecified atom stereocenters. The first kappa shape index (κ1) is 14.0. The molecule has 116 valence electrons. The molecule has 4 fully saturated rings. The van der Waals surface area contributed by atoms with Gasteiger partial charge in [-0.2, -0.15) is 0 Å². The molecule has 21 heavy (non-hydrogen) atoms. The lowest BCUT2D eigenvalue weighted by Gasteiger charge is -2.63. The minimum absolute atomic E-state index is 0.00132. The Kier molecular flexibility index (Phi) is 2.69. The average Bonchev–Trinajstić information content (AvgIpc) is 2.59. The fourth-order valence-corrected chi connectivity index (χ4v) is 7.44. The van der Waals surface area contributed by atoms with Crippen LogP contribution in [0.25, 0.3) is 0 Å². The van der Waals surface area contributed by atoms with Gasteiger partial charge in [-0.05, 0) is 79.1 Å². The summed E-state index contributed by atoms with van der Waals surface area (Å²) in [5.41, 5.74) is 1.84. The maximum Gasteiger partial charge on any atom is 0.165 e. The molecular formula is C20H30O. The lowest BCUT2D eigenvalue weighted by atomic mass is 9.41. The molecule has 2 bridgehead atoms. The van der Waals surface area contributed by atoms with Crippen LogP contribution < -0.4 is 0 Å². The van der Waals surface area contributed by atoms with Gasteiger partial charge in [-0.1, -0.05) is 33.8 Å². The summed E-state index contributed by atoms with van der Waals surface area (Å²) in [7, 11) is 0. The molecule has 0 radical (unpaired) electrons. The van der Waals surface area contributed by atoms with E-state index in [1.165, 1.54) is 38.5 Å². The summed E-state index contributed by atoms with van der Waals surface area (Å²) >= 11 is 0. The van der Waals surface area contributed by atoms with Gasteiger partial charge in [0.2, 0.25) is 0 Å². The zero-order chi connectivity index (χ0) is 15.0. The number of rotatable bonds is 0. The Labute approximate surface area is 129 Å². The number of hydrogen-bond donors (Lipinski definition) is 0. The SMILES string of the molecule is C=C1C(=O)C23CCC4C(C)(C)CCCC4(C)C2CCC1C3. The van der Waals surface area contributed by atoms with Crippen LogP contribution in [-0.4, -0.2) is 5.78 Å². The fourth-order valence-electron chi connectivity index (χ4n) is 7.44. The second-order valence-corrected chi connectivity index (χ2v) is 9.48. The van der Waals surface area contributed by atoms with Crippen molar-refractivity contribution < 1.29 is 4.79 Å². The lowest BCUT2D eigenvalue weighted by molar-refractivity contribution is -0.160. The number of ketones is 1. The van der Waals surface area contributed by atoms with Crippen molar-refractivity contribution in [3.63, 3.8) is 0 Å². The quantitative estimate of drug-likeness (QED) is 0.562. The van der Waals surface area contributed by atoms with Gasteiger partial charge in [0.05, 0.1) is 0 Å². The Morgan fingerprint density at radius 1 is 1.00 bits per heavy atom. The molecule has 1 heteroatoms. The minimum Gasteiger partial charge on any atom is -0.294 e. The predicted octanol–water partition coefficient (Wildman–Crippen LogP) is 5.15. The van der Waals surface area contributed by atoms with E-state index in [-0.39, 0.29) is 5.41 Å². The van der Waals surface area contributed by atoms with Crippen molar-refractivity contribution >= 4 is 5.78 Å². The largest absolute Gasteiger partial charge is 0.294 e. The van der Waals surface area contributed by atoms with E-state index in [2.05, 4.69) is 27.4 Å². The van der Waals surface area contributed by atoms with Crippen molar-refractivity contribution in [3.8, 4) is 0 Å². The summed E-state index contributed by atoms with van der Waals surface area (Å²) in [5.74, 6) is 2.43. The van der Waals surface area contributed by atoms with Crippen LogP contribution in [-0.2, 0) is 4.79 Å². The van der Waals surface area contributed by atoms with Crippen LogP contribution in [0.3, 0.4) is 0 Å². The maximum atomic E-state index is 13.0. The van der Waals surface area contributed by atoms with Crippen molar-refractivity contribution in [3.05, 3.63) is 12.2 Å². The highest BCUT2D eigenvalue weighted by molar-refractivity contribution is 6.03. The number of fused-ring (bicyclic) bond motifs is 3. The Morgan fingerprint density at radius 3 is 2.52 bits per heavy atom. The normalized spacial score (nSPS) is 51.5. The minimum atomic E-state index is -0.00132. The predicted molar refractivity (Wildman–Crippen MR) is 85.9 cm³/mol. The highest BCUT2D eigenvalue weighted by Crippen LogP contribution is 2.70. The highest BCUT2D eigenvalue weighted by Gasteiger charge is 2.66. The Hall–Kier alpha value is -0.590. The molecule has 0 amide bonds. The van der Waals surface area contributed by atoms with Crippen LogP contribution in [0.1, 0.15) is 72.1 Å². The molecule has 0 N–H and O–H groups in total. The van der Waals surface area contributed by atoms with Crippen molar-refractivity contribution in [2.24, 2.45) is 34.0 Å². The van der Waals surface area contributed by atoms with Crippen LogP contribution in [0.5, 0.6) is 0 Å². The summed E-state index contributed by atoms with van der Waals surface area (Å²) in [4.78, 5) is 13.0. The first-order valence-electron chi connectivity index (χ1n) is 9.05. The van der Waals surface area contributed by atoms with Crippen LogP contribution >= 0.6 is 0 Å². The van der Waals surface area contributed by atoms with E-state index in [1.54, 1.807) is 0 Å². The lowest BCUT2D eigenvalue weighted by Crippen LogP contribution is -2.57. The molecule has 0 aromatic heterocycles. The topological polar surface area (TPSA) is 17.1 Å². The van der Waals surface area contributed by atoms with Gasteiger partial charge in [0.25, 0.3) is 0 Å². The number of allylic oxidation sites excluding steroid dienone is 1. The third kappa shape index (κ3) is 1.56. The van der Waals surface area contributed by atoms with Crippen molar-refractivity contribution in [1.82, 2.24) is 0 Å². The van der Waals surface area contributed by atoms with E-state index in [9.17, 15) is 4.79 Å². The summed E-state index contributed by atoms with van der Waals surface area (Å²) < 4.78 is 0. The third-order valence-electron chi connectivity index (χ3n) is 8.27. The standard InChI is InChI=1S/C20H30O/c1-13-14-6-7-16-19(4)10-5-9-18(2,3)15(19)8-11-20(16,12-14)17(13)21/h14-16H,1,5-12H2,2-4H3. The Bertz CT molecular complexity index is 516. The maximum absolute atomic E-state index is 13.0. The Balaban J connectivity index is 1.79. The van der Waals surface area contributed by atoms with Gasteiger partial charge in [0, 0.05) is 5.41 Å². The van der Waals surface area contributed by atoms with Gasteiger partial charge in [-0.25, -0.2) is 0 Å². The van der Waals surface area contributed by atoms with Gasteiger partial charge in [-0.3, -0.25) is 4.79 Å². The zero-order valence-electron chi connectivity index (χ0n) is 14.0. The van der Waals surface area contributed by atoms with Crippen LogP contribution in [0.4, 0.5) is 0 Å². The van der Waals surface area contributed by atoms with Crippen LogP contribution in [0, 0.1) is 34.0 Å². The molecule has 0 aromatic carbocycles. The van der Waals surface area contributed by atoms with Crippen molar-refractivity contribution in [1.29, 1.82) is 0 Å². The molecule has 0 saturated heterocycles. The number of hydrogen-bond acceptors (Lipinski definition) is 1. The monoisotopic (exact) mass is 286 g/mol. The van der Waals surface area contributed by atoms with Gasteiger partial charge < -0.3 is 0 Å². The smallest absolute Gasteiger partial charge is 0.165 e.